The molecule has 4 aromatic heterocycles. The molecular weight excluding hydrogens is 759 g/mol. The van der Waals surface area contributed by atoms with Crippen molar-refractivity contribution in [3.63, 3.8) is 0 Å². The van der Waals surface area contributed by atoms with Crippen LogP contribution in [0.4, 0.5) is 0 Å². The Balaban J connectivity index is 0.000000214. The van der Waals surface area contributed by atoms with E-state index in [1.54, 1.807) is 42.9 Å². The van der Waals surface area contributed by atoms with Gasteiger partial charge in [0.15, 0.2) is 28.2 Å². The molecule has 296 valence electrons. The zero-order chi connectivity index (χ0) is 40.5. The first-order valence-electron chi connectivity index (χ1n) is 18.5. The van der Waals surface area contributed by atoms with Gasteiger partial charge in [0, 0.05) is 56.8 Å². The first-order chi connectivity index (χ1) is 26.9. The van der Waals surface area contributed by atoms with Crippen LogP contribution in [0, 0.1) is 11.8 Å². The van der Waals surface area contributed by atoms with Crippen LogP contribution in [0.15, 0.2) is 67.7 Å². The Bertz CT molecular complexity index is 2620. The molecule has 0 aliphatic carbocycles. The number of fused-ring (bicyclic) bond motifs is 2. The summed E-state index contributed by atoms with van der Waals surface area (Å²) in [5.74, 6) is 6.35. The van der Waals surface area contributed by atoms with Crippen molar-refractivity contribution in [1.82, 2.24) is 37.4 Å². The Kier molecular flexibility index (Phi) is 14.3. The van der Waals surface area contributed by atoms with Crippen LogP contribution in [0.5, 0.6) is 0 Å². The second-order valence-corrected chi connectivity index (χ2v) is 14.2. The number of aryl methyl sites for hydroxylation is 3. The molecule has 14 nitrogen and oxygen atoms in total. The van der Waals surface area contributed by atoms with Crippen LogP contribution in [0.1, 0.15) is 68.7 Å². The maximum absolute atomic E-state index is 13.2. The third-order valence-corrected chi connectivity index (χ3v) is 9.86. The van der Waals surface area contributed by atoms with E-state index in [-0.39, 0.29) is 35.7 Å². The number of rotatable bonds is 13. The molecule has 0 fully saturated rings. The first kappa shape index (κ1) is 42.0. The molecule has 0 amide bonds. The van der Waals surface area contributed by atoms with Crippen molar-refractivity contribution in [3.05, 3.63) is 123 Å². The monoisotopic (exact) mass is 804 g/mol. The number of aliphatic hydroxyl groups is 2. The fraction of sp³-hybridized carbons (Fsp3) is 0.400. The first-order valence-corrected chi connectivity index (χ1v) is 19.3. The highest BCUT2D eigenvalue weighted by molar-refractivity contribution is 6.30. The van der Waals surface area contributed by atoms with Gasteiger partial charge in [-0.2, -0.15) is 0 Å². The zero-order valence-electron chi connectivity index (χ0n) is 32.0. The minimum absolute atomic E-state index is 0.0316. The third kappa shape index (κ3) is 9.08. The van der Waals surface area contributed by atoms with Crippen LogP contribution in [0.25, 0.3) is 22.3 Å². The van der Waals surface area contributed by atoms with Crippen molar-refractivity contribution in [2.24, 2.45) is 14.1 Å². The lowest BCUT2D eigenvalue weighted by Crippen LogP contribution is -2.39. The van der Waals surface area contributed by atoms with Crippen molar-refractivity contribution in [3.8, 4) is 11.8 Å². The van der Waals surface area contributed by atoms with Crippen LogP contribution >= 0.6 is 23.2 Å². The van der Waals surface area contributed by atoms with Crippen molar-refractivity contribution in [2.75, 3.05) is 13.2 Å². The Morgan fingerprint density at radius 1 is 0.643 bits per heavy atom. The Labute approximate surface area is 332 Å². The quantitative estimate of drug-likeness (QED) is 0.165. The van der Waals surface area contributed by atoms with E-state index < -0.39 is 5.69 Å². The molecule has 0 unspecified atom stereocenters. The van der Waals surface area contributed by atoms with Crippen LogP contribution < -0.4 is 22.5 Å². The Morgan fingerprint density at radius 2 is 1.11 bits per heavy atom. The number of halogens is 2. The van der Waals surface area contributed by atoms with Gasteiger partial charge in [-0.1, -0.05) is 80.1 Å². The van der Waals surface area contributed by atoms with E-state index in [0.29, 0.717) is 77.4 Å². The van der Waals surface area contributed by atoms with Gasteiger partial charge in [0.1, 0.15) is 12.4 Å². The molecule has 16 heteroatoms. The minimum atomic E-state index is -0.399. The fourth-order valence-corrected chi connectivity index (χ4v) is 6.58. The van der Waals surface area contributed by atoms with Crippen LogP contribution in [0.2, 0.25) is 10.0 Å². The Morgan fingerprint density at radius 3 is 1.57 bits per heavy atom. The largest absolute Gasteiger partial charge is 0.396 e. The molecule has 2 aromatic carbocycles. The van der Waals surface area contributed by atoms with Gasteiger partial charge >= 0.3 is 11.4 Å². The van der Waals surface area contributed by atoms with E-state index in [9.17, 15) is 24.3 Å². The summed E-state index contributed by atoms with van der Waals surface area (Å²) in [7, 11) is 3.23. The van der Waals surface area contributed by atoms with Gasteiger partial charge in [-0.3, -0.25) is 27.9 Å². The van der Waals surface area contributed by atoms with Crippen molar-refractivity contribution in [2.45, 2.75) is 78.6 Å². The highest BCUT2D eigenvalue weighted by Crippen LogP contribution is 2.18. The normalized spacial score (nSPS) is 11.1. The average molecular weight is 806 g/mol. The van der Waals surface area contributed by atoms with Crippen LogP contribution in [0.3, 0.4) is 0 Å². The van der Waals surface area contributed by atoms with Gasteiger partial charge in [0.05, 0.1) is 6.54 Å². The molecule has 0 aliphatic rings. The molecule has 0 saturated heterocycles. The Hall–Kier alpha value is -5.20. The van der Waals surface area contributed by atoms with E-state index in [0.717, 1.165) is 36.8 Å². The molecule has 0 radical (unpaired) electrons. The van der Waals surface area contributed by atoms with E-state index in [1.807, 2.05) is 42.7 Å². The summed E-state index contributed by atoms with van der Waals surface area (Å²) in [6, 6.07) is 14.7. The molecule has 56 heavy (non-hydrogen) atoms. The number of aliphatic hydroxyl groups excluding tert-OH is 2. The third-order valence-electron chi connectivity index (χ3n) is 9.36. The van der Waals surface area contributed by atoms with Crippen LogP contribution in [-0.4, -0.2) is 60.8 Å². The minimum Gasteiger partial charge on any atom is -0.396 e. The predicted octanol–water partition coefficient (Wildman–Crippen LogP) is 4.07. The maximum atomic E-state index is 13.2. The fourth-order valence-electron chi connectivity index (χ4n) is 6.33. The predicted molar refractivity (Wildman–Crippen MR) is 219 cm³/mol. The number of unbranched alkanes of at least 4 members (excludes halogenated alkanes) is 2. The summed E-state index contributed by atoms with van der Waals surface area (Å²) in [5.41, 5.74) is 1.82. The smallest absolute Gasteiger partial charge is 0.332 e. The molecule has 0 atom stereocenters. The highest BCUT2D eigenvalue weighted by atomic mass is 35.5. The van der Waals surface area contributed by atoms with Gasteiger partial charge in [-0.25, -0.2) is 19.6 Å². The van der Waals surface area contributed by atoms with Crippen LogP contribution in [-0.2, 0) is 46.7 Å². The lowest BCUT2D eigenvalue weighted by Gasteiger charge is -2.11. The van der Waals surface area contributed by atoms with Crippen molar-refractivity contribution >= 4 is 45.5 Å². The molecule has 0 aliphatic heterocycles. The topological polar surface area (TPSA) is 164 Å². The number of imidazole rings is 2. The maximum Gasteiger partial charge on any atom is 0.332 e. The van der Waals surface area contributed by atoms with E-state index in [1.165, 1.54) is 18.3 Å². The summed E-state index contributed by atoms with van der Waals surface area (Å²) in [6.07, 6.45) is 4.28. The standard InChI is InChI=1S/C20H25ClN4O3.C20H21ClN4O3/c2*1-3-4-11-24-19(27)17-18(23(2)20(24)28)22-16(6-5-12-26)25(17)13-14-7-9-15(21)10-8-14/h7-10,26H,3-6,11-13H2,1-2H3;7-10,26H,3-4,11-13H2,1-2H3. The summed E-state index contributed by atoms with van der Waals surface area (Å²) in [5, 5.41) is 19.6. The van der Waals surface area contributed by atoms with Gasteiger partial charge in [0.2, 0.25) is 0 Å². The number of hydrogen-bond acceptors (Lipinski definition) is 8. The summed E-state index contributed by atoms with van der Waals surface area (Å²) < 4.78 is 8.89. The van der Waals surface area contributed by atoms with Gasteiger partial charge < -0.3 is 19.3 Å². The molecule has 4 heterocycles. The molecule has 0 spiro atoms. The lowest BCUT2D eigenvalue weighted by atomic mass is 10.2. The van der Waals surface area contributed by atoms with E-state index >= 15 is 0 Å². The van der Waals surface area contributed by atoms with Gasteiger partial charge in [-0.15, -0.1) is 0 Å². The summed E-state index contributed by atoms with van der Waals surface area (Å²) in [6.45, 7) is 5.23. The van der Waals surface area contributed by atoms with Crippen molar-refractivity contribution < 1.29 is 10.2 Å². The molecule has 6 aromatic rings. The molecule has 6 rings (SSSR count). The SMILES string of the molecule is CCCCn1c(=O)c2c(nc(C#CCO)n2Cc2ccc(Cl)cc2)n(C)c1=O.CCCCn1c(=O)c2c(nc(CCCO)n2Cc2ccc(Cl)cc2)n(C)c1=O. The zero-order valence-corrected chi connectivity index (χ0v) is 33.5. The summed E-state index contributed by atoms with van der Waals surface area (Å²) in [4.78, 5) is 60.6. The highest BCUT2D eigenvalue weighted by Gasteiger charge is 2.21. The second-order valence-electron chi connectivity index (χ2n) is 13.3. The van der Waals surface area contributed by atoms with Gasteiger partial charge in [-0.05, 0) is 60.6 Å². The molecular formula is C40H46Cl2N8O6. The number of nitrogens with zero attached hydrogens (tertiary/aromatic N) is 8. The number of benzene rings is 2. The van der Waals surface area contributed by atoms with E-state index in [2.05, 4.69) is 21.8 Å². The van der Waals surface area contributed by atoms with Crippen molar-refractivity contribution in [1.29, 1.82) is 0 Å². The van der Waals surface area contributed by atoms with Gasteiger partial charge in [0.25, 0.3) is 11.1 Å². The number of aromatic nitrogens is 8. The van der Waals surface area contributed by atoms with E-state index in [4.69, 9.17) is 28.3 Å². The molecule has 2 N–H and O–H groups in total. The lowest BCUT2D eigenvalue weighted by molar-refractivity contribution is 0.287. The molecule has 0 bridgehead atoms. The second kappa shape index (κ2) is 19.1. The summed E-state index contributed by atoms with van der Waals surface area (Å²) >= 11 is 11.9. The number of hydrogen-bond donors (Lipinski definition) is 2. The molecule has 0 saturated carbocycles. The average Bonchev–Trinajstić information content (AvgIpc) is 3.74.